The summed E-state index contributed by atoms with van der Waals surface area (Å²) in [4.78, 5) is 12.5. The van der Waals surface area contributed by atoms with Crippen molar-refractivity contribution in [1.29, 1.82) is 0 Å². The van der Waals surface area contributed by atoms with Gasteiger partial charge in [0.15, 0.2) is 0 Å². The summed E-state index contributed by atoms with van der Waals surface area (Å²) in [5, 5.41) is 2.82. The van der Waals surface area contributed by atoms with Crippen molar-refractivity contribution in [1.82, 2.24) is 4.13 Å². The van der Waals surface area contributed by atoms with E-state index < -0.39 is 27.4 Å². The zero-order valence-electron chi connectivity index (χ0n) is 12.1. The molecule has 0 spiro atoms. The Morgan fingerprint density at radius 1 is 1.20 bits per heavy atom. The lowest BCUT2D eigenvalue weighted by molar-refractivity contribution is -0.124. The van der Waals surface area contributed by atoms with Crippen molar-refractivity contribution < 1.29 is 13.2 Å². The molecule has 2 atom stereocenters. The van der Waals surface area contributed by atoms with Crippen LogP contribution in [-0.2, 0) is 26.8 Å². The number of nitrogens with one attached hydrogen (secondary N) is 2. The Bertz CT molecular complexity index is 527. The predicted molar refractivity (Wildman–Crippen MR) is 82.8 cm³/mol. The van der Waals surface area contributed by atoms with Crippen LogP contribution in [0.3, 0.4) is 0 Å². The van der Waals surface area contributed by atoms with Crippen molar-refractivity contribution in [3.63, 3.8) is 0 Å². The first kappa shape index (κ1) is 17.0. The molecule has 0 radical (unpaired) electrons. The molecule has 0 aliphatic heterocycles. The Morgan fingerprint density at radius 3 is 2.20 bits per heavy atom. The van der Waals surface area contributed by atoms with Gasteiger partial charge in [0.05, 0.1) is 4.90 Å². The van der Waals surface area contributed by atoms with Gasteiger partial charge in [0.1, 0.15) is 22.0 Å². The maximum absolute atomic E-state index is 12.0. The van der Waals surface area contributed by atoms with E-state index in [4.69, 9.17) is 0 Å². The predicted octanol–water partition coefficient (Wildman–Crippen LogP) is 1.97. The molecule has 0 bridgehead atoms. The van der Waals surface area contributed by atoms with Crippen LogP contribution in [0.4, 0.5) is 5.69 Å². The highest BCUT2D eigenvalue weighted by molar-refractivity contribution is 7.98. The van der Waals surface area contributed by atoms with Crippen LogP contribution in [0.2, 0.25) is 0 Å². The van der Waals surface area contributed by atoms with E-state index in [0.29, 0.717) is 10.6 Å². The van der Waals surface area contributed by atoms with E-state index in [9.17, 15) is 13.2 Å². The van der Waals surface area contributed by atoms with E-state index in [0.717, 1.165) is 6.42 Å². The zero-order chi connectivity index (χ0) is 15.3. The van der Waals surface area contributed by atoms with E-state index >= 15 is 0 Å². The maximum atomic E-state index is 12.0. The van der Waals surface area contributed by atoms with Crippen LogP contribution in [0.15, 0.2) is 29.2 Å². The fourth-order valence-corrected chi connectivity index (χ4v) is 2.90. The molecule has 0 saturated carbocycles. The van der Waals surface area contributed by atoms with Crippen LogP contribution in [0.5, 0.6) is 0 Å². The molecule has 0 heterocycles. The molecule has 2 N–H and O–H groups in total. The van der Waals surface area contributed by atoms with Gasteiger partial charge in [-0.3, -0.25) is 4.79 Å². The molecule has 1 aromatic carbocycles. The Kier molecular flexibility index (Phi) is 6.04. The number of hydrogen-bond acceptors (Lipinski definition) is 3. The molecule has 0 saturated heterocycles. The molecule has 0 fully saturated rings. The standard InChI is InChI=1S/C13H20N2O3S2/c1-5-13(2,3)12(16)14-10-6-8-11(9-7-10)20(18)15-19(4)17/h6-9,15H,5H2,1-4H3,(H,14,16). The molecule has 1 aromatic rings. The van der Waals surface area contributed by atoms with Crippen molar-refractivity contribution in [2.24, 2.45) is 5.41 Å². The number of benzene rings is 1. The third-order valence-electron chi connectivity index (χ3n) is 3.02. The van der Waals surface area contributed by atoms with E-state index in [1.54, 1.807) is 24.3 Å². The summed E-state index contributed by atoms with van der Waals surface area (Å²) in [5.74, 6) is -0.0540. The molecular formula is C13H20N2O3S2. The molecule has 0 aliphatic rings. The second kappa shape index (κ2) is 7.10. The van der Waals surface area contributed by atoms with Gasteiger partial charge in [-0.1, -0.05) is 20.8 Å². The fraction of sp³-hybridized carbons (Fsp3) is 0.462. The van der Waals surface area contributed by atoms with E-state index in [1.165, 1.54) is 6.26 Å². The van der Waals surface area contributed by atoms with Crippen LogP contribution < -0.4 is 9.44 Å². The molecule has 0 aliphatic carbocycles. The summed E-state index contributed by atoms with van der Waals surface area (Å²) in [6, 6.07) is 6.61. The summed E-state index contributed by atoms with van der Waals surface area (Å²) in [7, 11) is -2.86. The van der Waals surface area contributed by atoms with E-state index in [2.05, 4.69) is 9.44 Å². The fourth-order valence-electron chi connectivity index (χ4n) is 1.28. The number of rotatable bonds is 6. The molecule has 0 aromatic heterocycles. The highest BCUT2D eigenvalue weighted by Gasteiger charge is 2.25. The van der Waals surface area contributed by atoms with Gasteiger partial charge in [-0.2, -0.15) is 4.13 Å². The molecule has 2 unspecified atom stereocenters. The zero-order valence-corrected chi connectivity index (χ0v) is 13.7. The van der Waals surface area contributed by atoms with E-state index in [1.807, 2.05) is 20.8 Å². The molecule has 7 heteroatoms. The molecule has 1 amide bonds. The van der Waals surface area contributed by atoms with Crippen LogP contribution in [0.25, 0.3) is 0 Å². The van der Waals surface area contributed by atoms with Gasteiger partial charge in [0, 0.05) is 17.4 Å². The normalized spacial score (nSPS) is 14.6. The average molecular weight is 316 g/mol. The number of carbonyl (C=O) groups excluding carboxylic acids is 1. The Hall–Kier alpha value is -1.05. The van der Waals surface area contributed by atoms with Crippen molar-refractivity contribution in [3.8, 4) is 0 Å². The van der Waals surface area contributed by atoms with Gasteiger partial charge >= 0.3 is 0 Å². The first-order valence-electron chi connectivity index (χ1n) is 6.19. The Balaban J connectivity index is 2.75. The lowest BCUT2D eigenvalue weighted by Gasteiger charge is -2.21. The second-order valence-corrected chi connectivity index (χ2v) is 7.61. The van der Waals surface area contributed by atoms with Gasteiger partial charge in [-0.25, -0.2) is 8.42 Å². The molecular weight excluding hydrogens is 296 g/mol. The SMILES string of the molecule is CCC(C)(C)C(=O)Nc1ccc(S(=O)NS(C)=O)cc1. The van der Waals surface area contributed by atoms with Gasteiger partial charge in [-0.05, 0) is 30.7 Å². The number of anilines is 1. The van der Waals surface area contributed by atoms with Crippen LogP contribution in [-0.4, -0.2) is 20.6 Å². The van der Waals surface area contributed by atoms with Gasteiger partial charge in [0.25, 0.3) is 0 Å². The average Bonchev–Trinajstić information content (AvgIpc) is 2.38. The Labute approximate surface area is 124 Å². The second-order valence-electron chi connectivity index (χ2n) is 5.02. The largest absolute Gasteiger partial charge is 0.326 e. The quantitative estimate of drug-likeness (QED) is 0.842. The topological polar surface area (TPSA) is 75.3 Å². The highest BCUT2D eigenvalue weighted by atomic mass is 32.3. The third-order valence-corrected chi connectivity index (χ3v) is 5.26. The number of amides is 1. The molecule has 20 heavy (non-hydrogen) atoms. The van der Waals surface area contributed by atoms with E-state index in [-0.39, 0.29) is 5.91 Å². The lowest BCUT2D eigenvalue weighted by atomic mass is 9.89. The van der Waals surface area contributed by atoms with Gasteiger partial charge < -0.3 is 5.32 Å². The van der Waals surface area contributed by atoms with Crippen LogP contribution >= 0.6 is 0 Å². The summed E-state index contributed by atoms with van der Waals surface area (Å²) in [6.45, 7) is 5.72. The van der Waals surface area contributed by atoms with Crippen molar-refractivity contribution in [3.05, 3.63) is 24.3 Å². The summed E-state index contributed by atoms with van der Waals surface area (Å²) in [6.07, 6.45) is 2.16. The monoisotopic (exact) mass is 316 g/mol. The molecule has 1 rings (SSSR count). The minimum Gasteiger partial charge on any atom is -0.326 e. The summed E-state index contributed by atoms with van der Waals surface area (Å²) >= 11 is 0. The highest BCUT2D eigenvalue weighted by Crippen LogP contribution is 2.22. The maximum Gasteiger partial charge on any atom is 0.230 e. The first-order chi connectivity index (χ1) is 9.26. The Morgan fingerprint density at radius 2 is 1.75 bits per heavy atom. The van der Waals surface area contributed by atoms with Crippen molar-refractivity contribution in [2.45, 2.75) is 32.1 Å². The number of carbonyl (C=O) groups is 1. The molecule has 5 nitrogen and oxygen atoms in total. The van der Waals surface area contributed by atoms with Gasteiger partial charge in [0.2, 0.25) is 5.91 Å². The van der Waals surface area contributed by atoms with Crippen LogP contribution in [0.1, 0.15) is 27.2 Å². The molecule has 112 valence electrons. The first-order valence-corrected chi connectivity index (χ1v) is 8.90. The third kappa shape index (κ3) is 4.81. The van der Waals surface area contributed by atoms with Gasteiger partial charge in [-0.15, -0.1) is 0 Å². The minimum atomic E-state index is -1.52. The van der Waals surface area contributed by atoms with Crippen molar-refractivity contribution >= 4 is 33.6 Å². The smallest absolute Gasteiger partial charge is 0.230 e. The van der Waals surface area contributed by atoms with Crippen molar-refractivity contribution in [2.75, 3.05) is 11.6 Å². The summed E-state index contributed by atoms with van der Waals surface area (Å²) in [5.41, 5.74) is 0.220. The summed E-state index contributed by atoms with van der Waals surface area (Å²) < 4.78 is 25.1. The van der Waals surface area contributed by atoms with Crippen LogP contribution in [0, 0.1) is 5.41 Å². The lowest BCUT2D eigenvalue weighted by Crippen LogP contribution is -2.29. The minimum absolute atomic E-state index is 0.0540. The number of hydrogen-bond donors (Lipinski definition) is 2.